The average Bonchev–Trinajstić information content (AvgIpc) is 3.64. The second-order valence-electron chi connectivity index (χ2n) is 16.6. The topological polar surface area (TPSA) is 68.1 Å². The largest absolute Gasteiger partial charge is 0.424 e. The molecule has 1 aliphatic heterocycles. The van der Waals surface area contributed by atoms with Crippen LogP contribution in [0.4, 0.5) is 13.2 Å². The molecule has 0 radical (unpaired) electrons. The minimum atomic E-state index is -4.40. The first kappa shape index (κ1) is 30.0. The lowest BCUT2D eigenvalue weighted by atomic mass is 9.33. The third-order valence-corrected chi connectivity index (χ3v) is 13.9. The summed E-state index contributed by atoms with van der Waals surface area (Å²) >= 11 is 0. The van der Waals surface area contributed by atoms with Crippen LogP contribution in [0.1, 0.15) is 106 Å². The normalized spacial score (nSPS) is 48.4. The van der Waals surface area contributed by atoms with Gasteiger partial charge in [0.1, 0.15) is 5.78 Å². The monoisotopic (exact) mass is 587 g/mol. The van der Waals surface area contributed by atoms with Gasteiger partial charge in [0.05, 0.1) is 6.42 Å². The summed E-state index contributed by atoms with van der Waals surface area (Å²) in [6.45, 7) is 22.5. The number of carbonyl (C=O) groups is 3. The van der Waals surface area contributed by atoms with Crippen LogP contribution < -0.4 is 0 Å². The standard InChI is InChI=1S/C34H44F3NO4/c1-27(2)13-15-32(23(40)10-12-33(35,36)37)16-14-30(6)24(19(32)18-27)20(39)17-22-29(30,5)11-9-21-28(3,4)25(41)34(38-8)26(42-34)31(21,22)7/h17,19,21,24,26H,9-16,18H2,1-7H3/t19-,21-,24-,26+,29+,30+,31-,32-,34-/m0/s1. The minimum Gasteiger partial charge on any atom is -0.299 e. The van der Waals surface area contributed by atoms with Gasteiger partial charge < -0.3 is 0 Å². The van der Waals surface area contributed by atoms with Crippen molar-refractivity contribution in [3.05, 3.63) is 23.1 Å². The Morgan fingerprint density at radius 1 is 1.02 bits per heavy atom. The van der Waals surface area contributed by atoms with Crippen molar-refractivity contribution in [2.24, 2.45) is 50.2 Å². The number of ketones is 3. The van der Waals surface area contributed by atoms with E-state index in [1.54, 1.807) is 6.08 Å². The molecule has 230 valence electrons. The number of fused-ring (bicyclic) bond motifs is 9. The van der Waals surface area contributed by atoms with Crippen LogP contribution in [0.2, 0.25) is 0 Å². The molecule has 0 N–H and O–H groups in total. The molecule has 5 aliphatic carbocycles. The second-order valence-corrected chi connectivity index (χ2v) is 16.6. The Labute approximate surface area is 247 Å². The van der Waals surface area contributed by atoms with Crippen molar-refractivity contribution in [2.75, 3.05) is 0 Å². The van der Waals surface area contributed by atoms with Gasteiger partial charge in [0, 0.05) is 28.6 Å². The van der Waals surface area contributed by atoms with Gasteiger partial charge in [0.2, 0.25) is 0 Å². The lowest BCUT2D eigenvalue weighted by molar-refractivity contribution is -0.182. The number of hydrogen-bond acceptors (Lipinski definition) is 4. The van der Waals surface area contributed by atoms with Crippen LogP contribution in [0.5, 0.6) is 0 Å². The number of Topliss-reactive ketones (excluding diaryl/α,β-unsaturated/α-hetero) is 2. The summed E-state index contributed by atoms with van der Waals surface area (Å²) in [6, 6.07) is 0. The number of nitrogens with zero attached hydrogens (tertiary/aromatic N) is 1. The van der Waals surface area contributed by atoms with E-state index in [1.165, 1.54) is 0 Å². The molecule has 1 heterocycles. The number of ether oxygens (including phenoxy) is 1. The molecule has 6 rings (SSSR count). The van der Waals surface area contributed by atoms with E-state index in [4.69, 9.17) is 11.3 Å². The van der Waals surface area contributed by atoms with Crippen LogP contribution in [-0.2, 0) is 19.1 Å². The molecule has 0 unspecified atom stereocenters. The number of hydrogen-bond donors (Lipinski definition) is 0. The van der Waals surface area contributed by atoms with E-state index in [9.17, 15) is 27.6 Å². The first-order valence-corrected chi connectivity index (χ1v) is 15.6. The third-order valence-electron chi connectivity index (χ3n) is 13.9. The molecule has 6 aliphatic rings. The zero-order chi connectivity index (χ0) is 31.1. The highest BCUT2D eigenvalue weighted by molar-refractivity contribution is 6.00. The number of rotatable bonds is 3. The van der Waals surface area contributed by atoms with Crippen molar-refractivity contribution in [3.63, 3.8) is 0 Å². The van der Waals surface area contributed by atoms with E-state index in [1.807, 2.05) is 13.8 Å². The van der Waals surface area contributed by atoms with Crippen LogP contribution in [-0.4, -0.2) is 35.4 Å². The maximum atomic E-state index is 14.6. The van der Waals surface area contributed by atoms with Crippen molar-refractivity contribution < 1.29 is 32.3 Å². The number of carbonyl (C=O) groups excluding carboxylic acids is 3. The predicted octanol–water partition coefficient (Wildman–Crippen LogP) is 7.68. The molecular formula is C34H44F3NO4. The third kappa shape index (κ3) is 3.49. The summed E-state index contributed by atoms with van der Waals surface area (Å²) in [6.07, 6.45) is -0.409. The second kappa shape index (κ2) is 8.37. The van der Waals surface area contributed by atoms with Crippen molar-refractivity contribution in [1.29, 1.82) is 0 Å². The van der Waals surface area contributed by atoms with Gasteiger partial charge in [0.15, 0.2) is 11.9 Å². The fraction of sp³-hybridized carbons (Fsp3) is 0.824. The van der Waals surface area contributed by atoms with E-state index < -0.39 is 63.8 Å². The van der Waals surface area contributed by atoms with Crippen molar-refractivity contribution in [2.45, 2.75) is 124 Å². The molecule has 4 saturated carbocycles. The Kier molecular flexibility index (Phi) is 5.99. The first-order chi connectivity index (χ1) is 19.2. The summed E-state index contributed by atoms with van der Waals surface area (Å²) < 4.78 is 45.7. The van der Waals surface area contributed by atoms with Gasteiger partial charge in [-0.3, -0.25) is 24.0 Å². The van der Waals surface area contributed by atoms with Crippen LogP contribution in [0.25, 0.3) is 4.85 Å². The molecular weight excluding hydrogens is 543 g/mol. The van der Waals surface area contributed by atoms with E-state index in [-0.39, 0.29) is 34.6 Å². The van der Waals surface area contributed by atoms with Gasteiger partial charge in [-0.05, 0) is 79.1 Å². The van der Waals surface area contributed by atoms with Gasteiger partial charge in [-0.25, -0.2) is 6.57 Å². The summed E-state index contributed by atoms with van der Waals surface area (Å²) in [7, 11) is 0. The molecule has 9 atom stereocenters. The smallest absolute Gasteiger partial charge is 0.299 e. The summed E-state index contributed by atoms with van der Waals surface area (Å²) in [5.74, 6) is -1.43. The molecule has 8 heteroatoms. The molecule has 0 aromatic carbocycles. The molecule has 0 aromatic heterocycles. The number of epoxide rings is 1. The Morgan fingerprint density at radius 3 is 2.29 bits per heavy atom. The van der Waals surface area contributed by atoms with Crippen LogP contribution in [0.3, 0.4) is 0 Å². The summed E-state index contributed by atoms with van der Waals surface area (Å²) in [5, 5.41) is 0. The predicted molar refractivity (Wildman–Crippen MR) is 150 cm³/mol. The van der Waals surface area contributed by atoms with Crippen molar-refractivity contribution in [1.82, 2.24) is 0 Å². The van der Waals surface area contributed by atoms with Gasteiger partial charge in [-0.1, -0.05) is 54.0 Å². The Bertz CT molecular complexity index is 1360. The van der Waals surface area contributed by atoms with Gasteiger partial charge in [0.25, 0.3) is 5.78 Å². The van der Waals surface area contributed by atoms with Crippen LogP contribution in [0, 0.1) is 56.8 Å². The Hall–Kier alpha value is -2.01. The van der Waals surface area contributed by atoms with Crippen molar-refractivity contribution >= 4 is 17.3 Å². The van der Waals surface area contributed by atoms with Crippen LogP contribution in [0.15, 0.2) is 11.6 Å². The zero-order valence-electron chi connectivity index (χ0n) is 26.0. The molecule has 0 spiro atoms. The molecule has 0 aromatic rings. The molecule has 1 saturated heterocycles. The van der Waals surface area contributed by atoms with Gasteiger partial charge >= 0.3 is 11.9 Å². The van der Waals surface area contributed by atoms with Crippen LogP contribution >= 0.6 is 0 Å². The maximum Gasteiger partial charge on any atom is 0.424 e. The maximum absolute atomic E-state index is 14.6. The number of allylic oxidation sites excluding steroid dienone is 1. The lowest BCUT2D eigenvalue weighted by Crippen LogP contribution is -2.67. The van der Waals surface area contributed by atoms with Gasteiger partial charge in [-0.2, -0.15) is 13.2 Å². The summed E-state index contributed by atoms with van der Waals surface area (Å²) in [5.41, 5.74) is -4.02. The van der Waals surface area contributed by atoms with Gasteiger partial charge in [-0.15, -0.1) is 0 Å². The minimum absolute atomic E-state index is 0.0500. The summed E-state index contributed by atoms with van der Waals surface area (Å²) in [4.78, 5) is 45.6. The van der Waals surface area contributed by atoms with E-state index in [0.29, 0.717) is 25.7 Å². The molecule has 5 nitrogen and oxygen atoms in total. The highest BCUT2D eigenvalue weighted by Crippen LogP contribution is 2.78. The SMILES string of the molecule is [C-]#[N+][C@@]12O[C@@H]1[C@]1(C)C3=CC(=O)[C@@H]4[C@@H]5CC(C)(C)CC[C@]5(C(=O)CCC(F)(F)F)CC[C@@]4(C)[C@]3(C)CC[C@H]1C(C)(C)C2=O. The average molecular weight is 588 g/mol. The Balaban J connectivity index is 1.47. The quantitative estimate of drug-likeness (QED) is 0.251. The highest BCUT2D eigenvalue weighted by Gasteiger charge is 2.87. The lowest BCUT2D eigenvalue weighted by Gasteiger charge is -2.69. The Morgan fingerprint density at radius 2 is 1.67 bits per heavy atom. The van der Waals surface area contributed by atoms with E-state index in [0.717, 1.165) is 24.8 Å². The number of alkyl halides is 3. The molecule has 5 fully saturated rings. The highest BCUT2D eigenvalue weighted by atomic mass is 19.4. The van der Waals surface area contributed by atoms with E-state index >= 15 is 0 Å². The van der Waals surface area contributed by atoms with Crippen molar-refractivity contribution in [3.8, 4) is 0 Å². The molecule has 0 amide bonds. The fourth-order valence-corrected chi connectivity index (χ4v) is 11.4. The molecule has 42 heavy (non-hydrogen) atoms. The fourth-order valence-electron chi connectivity index (χ4n) is 11.4. The molecule has 0 bridgehead atoms. The first-order valence-electron chi connectivity index (χ1n) is 15.6. The van der Waals surface area contributed by atoms with E-state index in [2.05, 4.69) is 39.5 Å². The zero-order valence-corrected chi connectivity index (χ0v) is 26.0. The number of halogens is 3.